The van der Waals surface area contributed by atoms with Gasteiger partial charge in [-0.3, -0.25) is 4.79 Å². The number of nitrogens with two attached hydrogens (primary N) is 1. The molecule has 4 heteroatoms. The lowest BCUT2D eigenvalue weighted by atomic mass is 9.74. The lowest BCUT2D eigenvalue weighted by Gasteiger charge is -2.41. The van der Waals surface area contributed by atoms with Crippen LogP contribution in [0.3, 0.4) is 0 Å². The van der Waals surface area contributed by atoms with Crippen molar-refractivity contribution in [2.24, 2.45) is 11.1 Å². The van der Waals surface area contributed by atoms with Crippen LogP contribution in [-0.4, -0.2) is 31.2 Å². The van der Waals surface area contributed by atoms with Crippen LogP contribution in [-0.2, 0) is 9.53 Å². The smallest absolute Gasteiger partial charge is 0.226 e. The molecule has 1 aliphatic heterocycles. The molecule has 0 atom stereocenters. The van der Waals surface area contributed by atoms with Gasteiger partial charge in [-0.2, -0.15) is 0 Å². The molecular weight excluding hydrogens is 228 g/mol. The minimum absolute atomic E-state index is 0.182. The van der Waals surface area contributed by atoms with E-state index in [4.69, 9.17) is 10.5 Å². The normalized spacial score (nSPS) is 26.6. The van der Waals surface area contributed by atoms with E-state index in [1.54, 1.807) is 0 Å². The van der Waals surface area contributed by atoms with Crippen molar-refractivity contribution in [1.29, 1.82) is 0 Å². The number of hydrogen-bond acceptors (Lipinski definition) is 3. The summed E-state index contributed by atoms with van der Waals surface area (Å²) < 4.78 is 5.37. The lowest BCUT2D eigenvalue weighted by molar-refractivity contribution is -0.135. The first-order valence-corrected chi connectivity index (χ1v) is 7.21. The molecule has 1 saturated heterocycles. The monoisotopic (exact) mass is 254 g/mol. The Morgan fingerprint density at radius 2 is 1.78 bits per heavy atom. The van der Waals surface area contributed by atoms with E-state index in [1.807, 2.05) is 0 Å². The number of amides is 1. The van der Waals surface area contributed by atoms with Crippen LogP contribution >= 0.6 is 0 Å². The molecule has 4 nitrogen and oxygen atoms in total. The van der Waals surface area contributed by atoms with E-state index in [-0.39, 0.29) is 16.9 Å². The molecular formula is C14H26N2O2. The third-order valence-electron chi connectivity index (χ3n) is 4.72. The summed E-state index contributed by atoms with van der Waals surface area (Å²) in [6, 6.07) is 0. The summed E-state index contributed by atoms with van der Waals surface area (Å²) in [5.41, 5.74) is 5.48. The Kier molecular flexibility index (Phi) is 4.28. The van der Waals surface area contributed by atoms with E-state index in [0.29, 0.717) is 19.8 Å². The molecule has 18 heavy (non-hydrogen) atoms. The van der Waals surface area contributed by atoms with Crippen LogP contribution in [0.4, 0.5) is 0 Å². The molecule has 0 spiro atoms. The molecule has 1 saturated carbocycles. The minimum atomic E-state index is -0.226. The molecule has 0 bridgehead atoms. The average Bonchev–Trinajstić information content (AvgIpc) is 2.40. The SMILES string of the molecule is CC1(C(=O)NC2(CN)CCOCC2)CCCCC1. The summed E-state index contributed by atoms with van der Waals surface area (Å²) >= 11 is 0. The van der Waals surface area contributed by atoms with Crippen LogP contribution in [0.1, 0.15) is 51.9 Å². The Bertz CT molecular complexity index is 292. The van der Waals surface area contributed by atoms with Crippen molar-refractivity contribution in [1.82, 2.24) is 5.32 Å². The summed E-state index contributed by atoms with van der Waals surface area (Å²) in [5.74, 6) is 0.203. The van der Waals surface area contributed by atoms with Gasteiger partial charge in [0.2, 0.25) is 5.91 Å². The van der Waals surface area contributed by atoms with E-state index in [2.05, 4.69) is 12.2 Å². The largest absolute Gasteiger partial charge is 0.381 e. The van der Waals surface area contributed by atoms with Gasteiger partial charge in [0.1, 0.15) is 0 Å². The summed E-state index contributed by atoms with van der Waals surface area (Å²) in [5, 5.41) is 3.25. The predicted octanol–water partition coefficient (Wildman–Crippen LogP) is 1.58. The summed E-state index contributed by atoms with van der Waals surface area (Å²) in [6.45, 7) is 4.02. The van der Waals surface area contributed by atoms with Gasteiger partial charge in [0.25, 0.3) is 0 Å². The Morgan fingerprint density at radius 1 is 1.17 bits per heavy atom. The Labute approximate surface area is 110 Å². The maximum Gasteiger partial charge on any atom is 0.226 e. The number of nitrogens with one attached hydrogen (secondary N) is 1. The molecule has 1 heterocycles. The molecule has 0 unspecified atom stereocenters. The number of rotatable bonds is 3. The van der Waals surface area contributed by atoms with Crippen LogP contribution in [0, 0.1) is 5.41 Å². The van der Waals surface area contributed by atoms with Crippen molar-refractivity contribution in [3.05, 3.63) is 0 Å². The fraction of sp³-hybridized carbons (Fsp3) is 0.929. The summed E-state index contributed by atoms with van der Waals surface area (Å²) in [6.07, 6.45) is 7.30. The average molecular weight is 254 g/mol. The first-order chi connectivity index (χ1) is 8.60. The minimum Gasteiger partial charge on any atom is -0.381 e. The van der Waals surface area contributed by atoms with E-state index in [1.165, 1.54) is 19.3 Å². The number of carbonyl (C=O) groups is 1. The zero-order valence-electron chi connectivity index (χ0n) is 11.5. The molecule has 2 fully saturated rings. The van der Waals surface area contributed by atoms with Gasteiger partial charge in [-0.1, -0.05) is 26.2 Å². The third kappa shape index (κ3) is 2.86. The summed E-state index contributed by atoms with van der Waals surface area (Å²) in [4.78, 5) is 12.5. The van der Waals surface area contributed by atoms with Crippen molar-refractivity contribution < 1.29 is 9.53 Å². The first-order valence-electron chi connectivity index (χ1n) is 7.21. The van der Waals surface area contributed by atoms with E-state index in [0.717, 1.165) is 25.7 Å². The zero-order valence-corrected chi connectivity index (χ0v) is 11.5. The second-order valence-electron chi connectivity index (χ2n) is 6.17. The van der Waals surface area contributed by atoms with Gasteiger partial charge in [0.05, 0.1) is 5.54 Å². The maximum absolute atomic E-state index is 12.5. The van der Waals surface area contributed by atoms with Crippen molar-refractivity contribution in [2.75, 3.05) is 19.8 Å². The van der Waals surface area contributed by atoms with Crippen molar-refractivity contribution in [2.45, 2.75) is 57.4 Å². The Hall–Kier alpha value is -0.610. The number of ether oxygens (including phenoxy) is 1. The van der Waals surface area contributed by atoms with Gasteiger partial charge in [-0.05, 0) is 25.7 Å². The summed E-state index contributed by atoms with van der Waals surface area (Å²) in [7, 11) is 0. The van der Waals surface area contributed by atoms with E-state index in [9.17, 15) is 4.79 Å². The van der Waals surface area contributed by atoms with Crippen LogP contribution in [0.2, 0.25) is 0 Å². The van der Waals surface area contributed by atoms with Crippen molar-refractivity contribution >= 4 is 5.91 Å². The highest BCUT2D eigenvalue weighted by Crippen LogP contribution is 2.36. The molecule has 104 valence electrons. The van der Waals surface area contributed by atoms with Gasteiger partial charge < -0.3 is 15.8 Å². The molecule has 0 aromatic rings. The highest BCUT2D eigenvalue weighted by Gasteiger charge is 2.40. The Morgan fingerprint density at radius 3 is 2.33 bits per heavy atom. The van der Waals surface area contributed by atoms with Crippen molar-refractivity contribution in [3.8, 4) is 0 Å². The Balaban J connectivity index is 2.00. The van der Waals surface area contributed by atoms with Crippen LogP contribution in [0.25, 0.3) is 0 Å². The molecule has 2 aliphatic rings. The molecule has 3 N–H and O–H groups in total. The molecule has 0 aromatic heterocycles. The quantitative estimate of drug-likeness (QED) is 0.803. The van der Waals surface area contributed by atoms with Crippen LogP contribution < -0.4 is 11.1 Å². The second kappa shape index (κ2) is 5.57. The maximum atomic E-state index is 12.5. The van der Waals surface area contributed by atoms with Gasteiger partial charge in [-0.15, -0.1) is 0 Å². The fourth-order valence-electron chi connectivity index (χ4n) is 3.09. The fourth-order valence-corrected chi connectivity index (χ4v) is 3.09. The standard InChI is InChI=1S/C14H26N2O2/c1-13(5-3-2-4-6-13)12(17)16-14(11-15)7-9-18-10-8-14/h2-11,15H2,1H3,(H,16,17). The lowest BCUT2D eigenvalue weighted by Crippen LogP contribution is -2.59. The van der Waals surface area contributed by atoms with Gasteiger partial charge in [0.15, 0.2) is 0 Å². The zero-order chi connectivity index (χ0) is 13.1. The molecule has 2 rings (SSSR count). The van der Waals surface area contributed by atoms with Crippen LogP contribution in [0.5, 0.6) is 0 Å². The van der Waals surface area contributed by atoms with Crippen molar-refractivity contribution in [3.63, 3.8) is 0 Å². The van der Waals surface area contributed by atoms with Gasteiger partial charge >= 0.3 is 0 Å². The highest BCUT2D eigenvalue weighted by atomic mass is 16.5. The third-order valence-corrected chi connectivity index (χ3v) is 4.72. The van der Waals surface area contributed by atoms with Gasteiger partial charge in [0, 0.05) is 25.2 Å². The van der Waals surface area contributed by atoms with Gasteiger partial charge in [-0.25, -0.2) is 0 Å². The molecule has 1 amide bonds. The van der Waals surface area contributed by atoms with E-state index < -0.39 is 0 Å². The molecule has 1 aliphatic carbocycles. The first kappa shape index (κ1) is 13.8. The molecule has 0 radical (unpaired) electrons. The van der Waals surface area contributed by atoms with Crippen LogP contribution in [0.15, 0.2) is 0 Å². The highest BCUT2D eigenvalue weighted by molar-refractivity contribution is 5.83. The van der Waals surface area contributed by atoms with E-state index >= 15 is 0 Å². The number of carbonyl (C=O) groups excluding carboxylic acids is 1. The number of hydrogen-bond donors (Lipinski definition) is 2. The molecule has 0 aromatic carbocycles. The topological polar surface area (TPSA) is 64.4 Å². The predicted molar refractivity (Wildman–Crippen MR) is 71.2 cm³/mol. The second-order valence-corrected chi connectivity index (χ2v) is 6.17.